The number of carbonyl (C=O) groups excluding carboxylic acids is 1. The van der Waals surface area contributed by atoms with Gasteiger partial charge in [0, 0.05) is 17.4 Å². The van der Waals surface area contributed by atoms with Gasteiger partial charge in [0.25, 0.3) is 0 Å². The number of hydrogen-bond donors (Lipinski definition) is 0. The minimum absolute atomic E-state index is 0.140. The van der Waals surface area contributed by atoms with Gasteiger partial charge >= 0.3 is 0 Å². The topological polar surface area (TPSA) is 17.1 Å². The van der Waals surface area contributed by atoms with Crippen molar-refractivity contribution in [2.75, 3.05) is 0 Å². The Hall–Kier alpha value is -3.19. The zero-order valence-corrected chi connectivity index (χ0v) is 15.1. The van der Waals surface area contributed by atoms with E-state index in [9.17, 15) is 4.79 Å². The molecule has 4 aromatic carbocycles. The highest BCUT2D eigenvalue weighted by Crippen LogP contribution is 2.58. The second-order valence-corrected chi connectivity index (χ2v) is 7.65. The lowest BCUT2D eigenvalue weighted by atomic mass is 9.59. The zero-order chi connectivity index (χ0) is 18.1. The van der Waals surface area contributed by atoms with E-state index in [-0.39, 0.29) is 11.8 Å². The first-order valence-corrected chi connectivity index (χ1v) is 9.49. The van der Waals surface area contributed by atoms with Crippen LogP contribution in [-0.4, -0.2) is 6.29 Å². The fourth-order valence-corrected chi connectivity index (χ4v) is 5.52. The van der Waals surface area contributed by atoms with Crippen molar-refractivity contribution < 1.29 is 4.79 Å². The van der Waals surface area contributed by atoms with E-state index in [1.54, 1.807) is 0 Å². The summed E-state index contributed by atoms with van der Waals surface area (Å²) < 4.78 is 0. The Kier molecular flexibility index (Phi) is 2.86. The van der Waals surface area contributed by atoms with Gasteiger partial charge in [0.1, 0.15) is 0 Å². The van der Waals surface area contributed by atoms with E-state index in [0.717, 1.165) is 17.2 Å². The van der Waals surface area contributed by atoms with Gasteiger partial charge in [-0.2, -0.15) is 0 Å². The highest BCUT2D eigenvalue weighted by molar-refractivity contribution is 6.03. The Morgan fingerprint density at radius 3 is 1.59 bits per heavy atom. The maximum atomic E-state index is 12.3. The van der Waals surface area contributed by atoms with Gasteiger partial charge in [-0.15, -0.1) is 0 Å². The second kappa shape index (κ2) is 5.17. The molecule has 0 unspecified atom stereocenters. The smallest absolute Gasteiger partial charge is 0.150 e. The van der Waals surface area contributed by atoms with E-state index in [1.165, 1.54) is 44.3 Å². The molecule has 1 nitrogen and oxygen atoms in total. The minimum Gasteiger partial charge on any atom is -0.298 e. The predicted octanol–water partition coefficient (Wildman–Crippen LogP) is 5.95. The van der Waals surface area contributed by atoms with Crippen LogP contribution in [0.5, 0.6) is 0 Å². The molecule has 0 spiro atoms. The third-order valence-electron chi connectivity index (χ3n) is 6.54. The molecule has 0 saturated carbocycles. The van der Waals surface area contributed by atoms with Gasteiger partial charge in [0.05, 0.1) is 0 Å². The van der Waals surface area contributed by atoms with Crippen LogP contribution >= 0.6 is 0 Å². The summed E-state index contributed by atoms with van der Waals surface area (Å²) in [6.07, 6.45) is 1.08. The van der Waals surface area contributed by atoms with Crippen molar-refractivity contribution in [2.24, 2.45) is 0 Å². The maximum absolute atomic E-state index is 12.3. The van der Waals surface area contributed by atoms with Crippen LogP contribution in [0.4, 0.5) is 0 Å². The van der Waals surface area contributed by atoms with Crippen molar-refractivity contribution in [3.05, 3.63) is 117 Å². The SMILES string of the molecule is Cc1c2c(c(C=O)c3ccccc13)C1c3ccccc3C2c2ccccc21. The summed E-state index contributed by atoms with van der Waals surface area (Å²) in [5.41, 5.74) is 10.2. The zero-order valence-electron chi connectivity index (χ0n) is 15.1. The summed E-state index contributed by atoms with van der Waals surface area (Å²) >= 11 is 0. The first kappa shape index (κ1) is 14.9. The summed E-state index contributed by atoms with van der Waals surface area (Å²) in [7, 11) is 0. The summed E-state index contributed by atoms with van der Waals surface area (Å²) in [6, 6.07) is 25.9. The van der Waals surface area contributed by atoms with Gasteiger partial charge in [0.2, 0.25) is 0 Å². The fourth-order valence-electron chi connectivity index (χ4n) is 5.52. The number of benzene rings is 4. The average Bonchev–Trinajstić information content (AvgIpc) is 2.74. The molecular weight excluding hydrogens is 328 g/mol. The Morgan fingerprint density at radius 1 is 0.630 bits per heavy atom. The Labute approximate surface area is 158 Å². The molecule has 2 bridgehead atoms. The van der Waals surface area contributed by atoms with Crippen LogP contribution in [0.25, 0.3) is 10.8 Å². The van der Waals surface area contributed by atoms with Gasteiger partial charge in [-0.3, -0.25) is 4.79 Å². The molecule has 0 fully saturated rings. The van der Waals surface area contributed by atoms with E-state index in [2.05, 4.69) is 73.7 Å². The highest BCUT2D eigenvalue weighted by Gasteiger charge is 2.43. The lowest BCUT2D eigenvalue weighted by Crippen LogP contribution is -2.29. The van der Waals surface area contributed by atoms with Gasteiger partial charge in [-0.05, 0) is 56.6 Å². The van der Waals surface area contributed by atoms with E-state index in [4.69, 9.17) is 0 Å². The molecule has 0 N–H and O–H groups in total. The van der Waals surface area contributed by atoms with Crippen LogP contribution in [0.15, 0.2) is 72.8 Å². The number of carbonyl (C=O) groups is 1. The molecule has 0 aromatic heterocycles. The first-order valence-electron chi connectivity index (χ1n) is 9.49. The predicted molar refractivity (Wildman–Crippen MR) is 109 cm³/mol. The van der Waals surface area contributed by atoms with Crippen molar-refractivity contribution in [3.8, 4) is 0 Å². The fraction of sp³-hybridized carbons (Fsp3) is 0.115. The molecule has 1 heteroatoms. The van der Waals surface area contributed by atoms with Gasteiger partial charge in [0.15, 0.2) is 6.29 Å². The molecule has 128 valence electrons. The molecule has 4 aromatic rings. The number of rotatable bonds is 1. The Bertz CT molecular complexity index is 1220. The second-order valence-electron chi connectivity index (χ2n) is 7.65. The van der Waals surface area contributed by atoms with Crippen molar-refractivity contribution in [1.82, 2.24) is 0 Å². The lowest BCUT2D eigenvalue weighted by Gasteiger charge is -2.44. The molecule has 3 aliphatic rings. The van der Waals surface area contributed by atoms with Crippen LogP contribution in [-0.2, 0) is 0 Å². The van der Waals surface area contributed by atoms with E-state index >= 15 is 0 Å². The van der Waals surface area contributed by atoms with Gasteiger partial charge in [-0.25, -0.2) is 0 Å². The van der Waals surface area contributed by atoms with Crippen LogP contribution in [0.3, 0.4) is 0 Å². The highest BCUT2D eigenvalue weighted by atomic mass is 16.1. The standard InChI is InChI=1S/C26H18O/c1-15-16-8-2-3-9-17(16)22(14-27)26-23(15)24-18-10-4-6-12-20(18)25(26)21-13-7-5-11-19(21)24/h2-14,24-25H,1H3. The molecule has 0 amide bonds. The van der Waals surface area contributed by atoms with Crippen LogP contribution in [0, 0.1) is 6.92 Å². The normalized spacial score (nSPS) is 18.7. The number of hydrogen-bond acceptors (Lipinski definition) is 1. The molecule has 0 aliphatic heterocycles. The third kappa shape index (κ3) is 1.72. The van der Waals surface area contributed by atoms with Crippen molar-refractivity contribution in [3.63, 3.8) is 0 Å². The minimum atomic E-state index is 0.140. The van der Waals surface area contributed by atoms with Crippen LogP contribution < -0.4 is 0 Å². The van der Waals surface area contributed by atoms with Crippen molar-refractivity contribution >= 4 is 17.1 Å². The molecule has 27 heavy (non-hydrogen) atoms. The maximum Gasteiger partial charge on any atom is 0.150 e. The number of aryl methyl sites for hydroxylation is 1. The van der Waals surface area contributed by atoms with E-state index in [0.29, 0.717) is 0 Å². The summed E-state index contributed by atoms with van der Waals surface area (Å²) in [5, 5.41) is 2.27. The van der Waals surface area contributed by atoms with E-state index < -0.39 is 0 Å². The average molecular weight is 346 g/mol. The van der Waals surface area contributed by atoms with Gasteiger partial charge < -0.3 is 0 Å². The van der Waals surface area contributed by atoms with Crippen LogP contribution in [0.1, 0.15) is 61.1 Å². The molecule has 0 heterocycles. The summed E-state index contributed by atoms with van der Waals surface area (Å²) in [5.74, 6) is 0.349. The largest absolute Gasteiger partial charge is 0.298 e. The van der Waals surface area contributed by atoms with Crippen molar-refractivity contribution in [1.29, 1.82) is 0 Å². The Morgan fingerprint density at radius 2 is 1.07 bits per heavy atom. The summed E-state index contributed by atoms with van der Waals surface area (Å²) in [6.45, 7) is 2.22. The quantitative estimate of drug-likeness (QED) is 0.336. The lowest BCUT2D eigenvalue weighted by molar-refractivity contribution is 0.112. The van der Waals surface area contributed by atoms with E-state index in [1.807, 2.05) is 6.07 Å². The summed E-state index contributed by atoms with van der Waals surface area (Å²) in [4.78, 5) is 12.3. The third-order valence-corrected chi connectivity index (χ3v) is 6.54. The number of fused-ring (bicyclic) bond motifs is 1. The molecule has 3 aliphatic carbocycles. The monoisotopic (exact) mass is 346 g/mol. The molecular formula is C26H18O. The molecule has 7 rings (SSSR count). The first-order chi connectivity index (χ1) is 13.3. The molecule has 0 radical (unpaired) electrons. The van der Waals surface area contributed by atoms with Gasteiger partial charge in [-0.1, -0.05) is 72.8 Å². The van der Waals surface area contributed by atoms with Crippen molar-refractivity contribution in [2.45, 2.75) is 18.8 Å². The molecule has 0 saturated heterocycles. The number of aldehydes is 1. The molecule has 0 atom stereocenters. The Balaban J connectivity index is 1.85. The van der Waals surface area contributed by atoms with Crippen LogP contribution in [0.2, 0.25) is 0 Å².